The SMILES string of the molecule is COc1ccc(C(=O)NCc2nc3ccccc3n2CCCCOc2ccc(Cl)c(C)c2)cc1. The summed E-state index contributed by atoms with van der Waals surface area (Å²) in [5, 5.41) is 3.73. The van der Waals surface area contributed by atoms with Gasteiger partial charge in [0, 0.05) is 17.1 Å². The third-order valence-corrected chi connectivity index (χ3v) is 6.09. The number of benzene rings is 3. The molecule has 6 nitrogen and oxygen atoms in total. The molecule has 0 atom stereocenters. The highest BCUT2D eigenvalue weighted by molar-refractivity contribution is 6.31. The van der Waals surface area contributed by atoms with Crippen molar-refractivity contribution in [3.05, 3.63) is 88.7 Å². The first-order valence-corrected chi connectivity index (χ1v) is 11.7. The lowest BCUT2D eigenvalue weighted by atomic mass is 10.2. The van der Waals surface area contributed by atoms with Crippen molar-refractivity contribution in [1.29, 1.82) is 0 Å². The number of nitrogens with one attached hydrogen (secondary N) is 1. The standard InChI is InChI=1S/C27H28ClN3O3/c1-19-17-22(13-14-23(19)28)34-16-6-5-15-31-25-8-4-3-7-24(25)30-26(31)18-29-27(32)20-9-11-21(33-2)12-10-20/h3-4,7-14,17H,5-6,15-16,18H2,1-2H3,(H,29,32). The number of fused-ring (bicyclic) bond motifs is 1. The van der Waals surface area contributed by atoms with Gasteiger partial charge in [-0.2, -0.15) is 0 Å². The van der Waals surface area contributed by atoms with Crippen molar-refractivity contribution in [3.63, 3.8) is 0 Å². The summed E-state index contributed by atoms with van der Waals surface area (Å²) < 4.78 is 13.2. The molecule has 4 rings (SSSR count). The molecular formula is C27H28ClN3O3. The Hall–Kier alpha value is -3.51. The molecule has 1 amide bonds. The minimum atomic E-state index is -0.145. The van der Waals surface area contributed by atoms with Crippen LogP contribution in [-0.4, -0.2) is 29.2 Å². The average molecular weight is 478 g/mol. The van der Waals surface area contributed by atoms with Gasteiger partial charge in [0.25, 0.3) is 5.91 Å². The molecule has 176 valence electrons. The van der Waals surface area contributed by atoms with Crippen LogP contribution in [0.1, 0.15) is 34.6 Å². The number of halogens is 1. The average Bonchev–Trinajstić information content (AvgIpc) is 3.22. The lowest BCUT2D eigenvalue weighted by Crippen LogP contribution is -2.24. The van der Waals surface area contributed by atoms with Crippen LogP contribution in [0.15, 0.2) is 66.7 Å². The molecule has 7 heteroatoms. The molecule has 0 radical (unpaired) electrons. The van der Waals surface area contributed by atoms with Crippen LogP contribution in [0, 0.1) is 6.92 Å². The van der Waals surface area contributed by atoms with Crippen molar-refractivity contribution in [2.24, 2.45) is 0 Å². The second-order valence-electron chi connectivity index (χ2n) is 8.05. The predicted molar refractivity (Wildman–Crippen MR) is 135 cm³/mol. The molecule has 34 heavy (non-hydrogen) atoms. The van der Waals surface area contributed by atoms with E-state index in [9.17, 15) is 4.79 Å². The highest BCUT2D eigenvalue weighted by Gasteiger charge is 2.12. The molecule has 3 aromatic carbocycles. The molecule has 1 aromatic heterocycles. The Labute approximate surface area is 204 Å². The number of carbonyl (C=O) groups is 1. The van der Waals surface area contributed by atoms with E-state index in [2.05, 4.69) is 16.0 Å². The number of amides is 1. The quantitative estimate of drug-likeness (QED) is 0.293. The molecule has 0 spiro atoms. The van der Waals surface area contributed by atoms with Crippen molar-refractivity contribution >= 4 is 28.5 Å². The van der Waals surface area contributed by atoms with E-state index in [4.69, 9.17) is 26.1 Å². The molecule has 0 fully saturated rings. The van der Waals surface area contributed by atoms with E-state index in [1.807, 2.05) is 43.3 Å². The maximum absolute atomic E-state index is 12.6. The fraction of sp³-hybridized carbons (Fsp3) is 0.259. The summed E-state index contributed by atoms with van der Waals surface area (Å²) in [5.41, 5.74) is 3.57. The van der Waals surface area contributed by atoms with Gasteiger partial charge in [-0.25, -0.2) is 4.98 Å². The maximum Gasteiger partial charge on any atom is 0.251 e. The monoisotopic (exact) mass is 477 g/mol. The number of nitrogens with zero attached hydrogens (tertiary/aromatic N) is 2. The molecule has 0 aliphatic rings. The Morgan fingerprint density at radius 1 is 1.03 bits per heavy atom. The molecule has 0 unspecified atom stereocenters. The van der Waals surface area contributed by atoms with Gasteiger partial charge in [0.2, 0.25) is 0 Å². The predicted octanol–water partition coefficient (Wildman–Crippen LogP) is 5.80. The first kappa shape index (κ1) is 23.6. The lowest BCUT2D eigenvalue weighted by molar-refractivity contribution is 0.0949. The van der Waals surface area contributed by atoms with Crippen LogP contribution >= 0.6 is 11.6 Å². The van der Waals surface area contributed by atoms with Crippen LogP contribution in [0.5, 0.6) is 11.5 Å². The largest absolute Gasteiger partial charge is 0.497 e. The molecular weight excluding hydrogens is 450 g/mol. The van der Waals surface area contributed by atoms with E-state index in [1.54, 1.807) is 31.4 Å². The van der Waals surface area contributed by atoms with Gasteiger partial charge in [-0.1, -0.05) is 23.7 Å². The molecule has 0 bridgehead atoms. The summed E-state index contributed by atoms with van der Waals surface area (Å²) in [4.78, 5) is 17.4. The number of methoxy groups -OCH3 is 1. The van der Waals surface area contributed by atoms with E-state index in [-0.39, 0.29) is 5.91 Å². The van der Waals surface area contributed by atoms with Crippen LogP contribution in [0.4, 0.5) is 0 Å². The summed E-state index contributed by atoms with van der Waals surface area (Å²) in [5.74, 6) is 2.23. The van der Waals surface area contributed by atoms with E-state index in [0.717, 1.165) is 52.6 Å². The van der Waals surface area contributed by atoms with Crippen molar-refractivity contribution < 1.29 is 14.3 Å². The number of aromatic nitrogens is 2. The second-order valence-corrected chi connectivity index (χ2v) is 8.45. The Kier molecular flexibility index (Phi) is 7.70. The third-order valence-electron chi connectivity index (χ3n) is 5.67. The van der Waals surface area contributed by atoms with Crippen LogP contribution < -0.4 is 14.8 Å². The normalized spacial score (nSPS) is 10.9. The van der Waals surface area contributed by atoms with Gasteiger partial charge in [-0.15, -0.1) is 0 Å². The summed E-state index contributed by atoms with van der Waals surface area (Å²) in [6.07, 6.45) is 1.82. The van der Waals surface area contributed by atoms with Crippen molar-refractivity contribution in [2.45, 2.75) is 32.9 Å². The first-order chi connectivity index (χ1) is 16.5. The number of rotatable bonds is 10. The second kappa shape index (κ2) is 11.1. The molecule has 0 saturated heterocycles. The number of unbranched alkanes of at least 4 members (excludes halogenated alkanes) is 1. The zero-order valence-corrected chi connectivity index (χ0v) is 20.1. The van der Waals surface area contributed by atoms with E-state index in [1.165, 1.54) is 0 Å². The van der Waals surface area contributed by atoms with E-state index >= 15 is 0 Å². The van der Waals surface area contributed by atoms with Gasteiger partial charge in [0.05, 0.1) is 31.3 Å². The maximum atomic E-state index is 12.6. The Morgan fingerprint density at radius 2 is 1.79 bits per heavy atom. The number of imidazole rings is 1. The zero-order chi connectivity index (χ0) is 23.9. The summed E-state index contributed by atoms with van der Waals surface area (Å²) >= 11 is 6.08. The molecule has 1 N–H and O–H groups in total. The van der Waals surface area contributed by atoms with Crippen molar-refractivity contribution in [1.82, 2.24) is 14.9 Å². The van der Waals surface area contributed by atoms with Crippen molar-refractivity contribution in [3.8, 4) is 11.5 Å². The molecule has 0 saturated carbocycles. The number of para-hydroxylation sites is 2. The number of hydrogen-bond acceptors (Lipinski definition) is 4. The zero-order valence-electron chi connectivity index (χ0n) is 19.4. The minimum absolute atomic E-state index is 0.145. The number of carbonyl (C=O) groups excluding carboxylic acids is 1. The van der Waals surface area contributed by atoms with Crippen LogP contribution in [0.3, 0.4) is 0 Å². The highest BCUT2D eigenvalue weighted by atomic mass is 35.5. The van der Waals surface area contributed by atoms with Gasteiger partial charge in [-0.05, 0) is 79.9 Å². The van der Waals surface area contributed by atoms with Gasteiger partial charge in [-0.3, -0.25) is 4.79 Å². The number of hydrogen-bond donors (Lipinski definition) is 1. The lowest BCUT2D eigenvalue weighted by Gasteiger charge is -2.11. The Morgan fingerprint density at radius 3 is 2.56 bits per heavy atom. The Bertz CT molecular complexity index is 1270. The fourth-order valence-corrected chi connectivity index (χ4v) is 3.90. The van der Waals surface area contributed by atoms with E-state index < -0.39 is 0 Å². The van der Waals surface area contributed by atoms with Crippen LogP contribution in [0.25, 0.3) is 11.0 Å². The molecule has 1 heterocycles. The molecule has 0 aliphatic heterocycles. The number of ether oxygens (including phenoxy) is 2. The first-order valence-electron chi connectivity index (χ1n) is 11.3. The van der Waals surface area contributed by atoms with Crippen LogP contribution in [0.2, 0.25) is 5.02 Å². The van der Waals surface area contributed by atoms with Gasteiger partial charge in [0.1, 0.15) is 17.3 Å². The Balaban J connectivity index is 1.36. The van der Waals surface area contributed by atoms with Gasteiger partial charge >= 0.3 is 0 Å². The molecule has 4 aromatic rings. The highest BCUT2D eigenvalue weighted by Crippen LogP contribution is 2.22. The van der Waals surface area contributed by atoms with Gasteiger partial charge < -0.3 is 19.4 Å². The number of aryl methyl sites for hydroxylation is 2. The topological polar surface area (TPSA) is 65.4 Å². The van der Waals surface area contributed by atoms with Gasteiger partial charge in [0.15, 0.2) is 0 Å². The summed E-state index contributed by atoms with van der Waals surface area (Å²) in [6.45, 7) is 3.73. The van der Waals surface area contributed by atoms with Crippen LogP contribution in [-0.2, 0) is 13.1 Å². The smallest absolute Gasteiger partial charge is 0.251 e. The van der Waals surface area contributed by atoms with Crippen molar-refractivity contribution in [2.75, 3.05) is 13.7 Å². The summed E-state index contributed by atoms with van der Waals surface area (Å²) in [7, 11) is 1.60. The molecule has 0 aliphatic carbocycles. The van der Waals surface area contributed by atoms with E-state index in [0.29, 0.717) is 24.5 Å². The third kappa shape index (κ3) is 5.69. The fourth-order valence-electron chi connectivity index (χ4n) is 3.78. The minimum Gasteiger partial charge on any atom is -0.497 e. The summed E-state index contributed by atoms with van der Waals surface area (Å²) in [6, 6.07) is 20.8.